The van der Waals surface area contributed by atoms with Crippen LogP contribution in [0.5, 0.6) is 0 Å². The van der Waals surface area contributed by atoms with Gasteiger partial charge in [-0.3, -0.25) is 14.9 Å². The number of nitrogens with zero attached hydrogens (tertiary/aromatic N) is 2. The van der Waals surface area contributed by atoms with Crippen LogP contribution in [0, 0.1) is 10.1 Å². The number of nitro groups is 1. The Hall–Kier alpha value is -2.36. The Labute approximate surface area is 143 Å². The van der Waals surface area contributed by atoms with E-state index in [0.717, 1.165) is 6.54 Å². The number of methoxy groups -OCH3 is 1. The molecule has 2 aromatic rings. The van der Waals surface area contributed by atoms with E-state index in [1.165, 1.54) is 23.5 Å². The van der Waals surface area contributed by atoms with Crippen molar-refractivity contribution in [2.75, 3.05) is 33.4 Å². The summed E-state index contributed by atoms with van der Waals surface area (Å²) in [5.74, 6) is -0.267. The molecule has 1 aromatic carbocycles. The quantitative estimate of drug-likeness (QED) is 0.405. The van der Waals surface area contributed by atoms with E-state index in [9.17, 15) is 14.9 Å². The van der Waals surface area contributed by atoms with Crippen LogP contribution in [-0.2, 0) is 4.74 Å². The van der Waals surface area contributed by atoms with Gasteiger partial charge in [-0.1, -0.05) is 12.1 Å². The molecule has 0 aliphatic heterocycles. The molecule has 9 heteroatoms. The molecule has 0 aliphatic rings. The molecular weight excluding hydrogens is 332 g/mol. The van der Waals surface area contributed by atoms with Crippen LogP contribution in [0.4, 0.5) is 5.69 Å². The second-order valence-electron chi connectivity index (χ2n) is 4.84. The Morgan fingerprint density at radius 2 is 2.21 bits per heavy atom. The number of non-ortho nitro benzene ring substituents is 1. The fourth-order valence-electron chi connectivity index (χ4n) is 1.92. The molecule has 0 unspecified atom stereocenters. The molecule has 2 rings (SSSR count). The van der Waals surface area contributed by atoms with Gasteiger partial charge < -0.3 is 15.4 Å². The predicted molar refractivity (Wildman–Crippen MR) is 91.3 cm³/mol. The van der Waals surface area contributed by atoms with Crippen LogP contribution in [0.25, 0.3) is 10.6 Å². The molecule has 0 saturated carbocycles. The number of carbonyl (C=O) groups is 1. The maximum Gasteiger partial charge on any atom is 0.270 e. The van der Waals surface area contributed by atoms with E-state index < -0.39 is 4.92 Å². The number of rotatable bonds is 9. The zero-order valence-corrected chi connectivity index (χ0v) is 14.0. The van der Waals surface area contributed by atoms with E-state index in [0.29, 0.717) is 36.0 Å². The van der Waals surface area contributed by atoms with E-state index >= 15 is 0 Å². The van der Waals surface area contributed by atoms with Crippen LogP contribution >= 0.6 is 11.3 Å². The van der Waals surface area contributed by atoms with Crippen molar-refractivity contribution in [3.8, 4) is 10.6 Å². The van der Waals surface area contributed by atoms with Gasteiger partial charge in [0.15, 0.2) is 0 Å². The van der Waals surface area contributed by atoms with Crippen LogP contribution in [0.1, 0.15) is 10.5 Å². The molecule has 0 fully saturated rings. The lowest BCUT2D eigenvalue weighted by atomic mass is 10.2. The summed E-state index contributed by atoms with van der Waals surface area (Å²) in [4.78, 5) is 26.6. The van der Waals surface area contributed by atoms with Crippen LogP contribution in [0.15, 0.2) is 29.6 Å². The van der Waals surface area contributed by atoms with Gasteiger partial charge in [-0.2, -0.15) is 0 Å². The number of benzene rings is 1. The number of aromatic nitrogens is 1. The first-order chi connectivity index (χ1) is 11.6. The van der Waals surface area contributed by atoms with Crippen LogP contribution in [-0.4, -0.2) is 49.2 Å². The van der Waals surface area contributed by atoms with Gasteiger partial charge in [0, 0.05) is 49.8 Å². The zero-order chi connectivity index (χ0) is 17.4. The van der Waals surface area contributed by atoms with Crippen LogP contribution in [0.3, 0.4) is 0 Å². The van der Waals surface area contributed by atoms with Crippen molar-refractivity contribution in [2.24, 2.45) is 0 Å². The number of carbonyl (C=O) groups excluding carboxylic acids is 1. The summed E-state index contributed by atoms with van der Waals surface area (Å²) in [5.41, 5.74) is 0.920. The smallest absolute Gasteiger partial charge is 0.270 e. The fourth-order valence-corrected chi connectivity index (χ4v) is 2.71. The Balaban J connectivity index is 1.91. The van der Waals surface area contributed by atoms with Gasteiger partial charge in [0.1, 0.15) is 10.7 Å². The Morgan fingerprint density at radius 3 is 2.96 bits per heavy atom. The average molecular weight is 350 g/mol. The van der Waals surface area contributed by atoms with Gasteiger partial charge in [0.2, 0.25) is 0 Å². The Bertz CT molecular complexity index is 704. The molecule has 1 amide bonds. The molecule has 0 spiro atoms. The number of nitrogens with one attached hydrogen (secondary N) is 2. The number of ether oxygens (including phenoxy) is 1. The molecule has 0 bridgehead atoms. The van der Waals surface area contributed by atoms with E-state index in [1.54, 1.807) is 24.6 Å². The summed E-state index contributed by atoms with van der Waals surface area (Å²) in [5, 5.41) is 18.9. The monoisotopic (exact) mass is 350 g/mol. The van der Waals surface area contributed by atoms with Crippen molar-refractivity contribution >= 4 is 22.9 Å². The maximum absolute atomic E-state index is 12.0. The molecule has 1 heterocycles. The molecule has 128 valence electrons. The van der Waals surface area contributed by atoms with Crippen molar-refractivity contribution in [1.29, 1.82) is 0 Å². The van der Waals surface area contributed by atoms with Crippen molar-refractivity contribution in [1.82, 2.24) is 15.6 Å². The zero-order valence-electron chi connectivity index (χ0n) is 13.2. The van der Waals surface area contributed by atoms with Gasteiger partial charge in [-0.15, -0.1) is 11.3 Å². The lowest BCUT2D eigenvalue weighted by molar-refractivity contribution is -0.384. The van der Waals surface area contributed by atoms with E-state index in [-0.39, 0.29) is 11.6 Å². The first kappa shape index (κ1) is 18.0. The van der Waals surface area contributed by atoms with E-state index in [4.69, 9.17) is 4.74 Å². The van der Waals surface area contributed by atoms with Gasteiger partial charge >= 0.3 is 0 Å². The number of thiazole rings is 1. The molecule has 0 radical (unpaired) electrons. The molecule has 0 saturated heterocycles. The number of amides is 1. The standard InChI is InChI=1S/C15H18N4O4S/c1-23-8-7-16-5-6-17-14(20)13-10-24-15(18-13)11-3-2-4-12(9-11)19(21)22/h2-4,9-10,16H,5-8H2,1H3,(H,17,20). The minimum atomic E-state index is -0.457. The van der Waals surface area contributed by atoms with E-state index in [1.807, 2.05) is 0 Å². The summed E-state index contributed by atoms with van der Waals surface area (Å²) in [7, 11) is 1.63. The molecule has 2 N–H and O–H groups in total. The van der Waals surface area contributed by atoms with Gasteiger partial charge in [0.25, 0.3) is 11.6 Å². The highest BCUT2D eigenvalue weighted by molar-refractivity contribution is 7.13. The predicted octanol–water partition coefficient (Wildman–Crippen LogP) is 1.68. The topological polar surface area (TPSA) is 106 Å². The molecule has 1 aromatic heterocycles. The number of hydrogen-bond donors (Lipinski definition) is 2. The SMILES string of the molecule is COCCNCCNC(=O)c1csc(-c2cccc([N+](=O)[O-])c2)n1. The molecule has 8 nitrogen and oxygen atoms in total. The van der Waals surface area contributed by atoms with Crippen LogP contribution < -0.4 is 10.6 Å². The average Bonchev–Trinajstić information content (AvgIpc) is 3.08. The lowest BCUT2D eigenvalue weighted by Crippen LogP contribution is -2.33. The van der Waals surface area contributed by atoms with Crippen molar-refractivity contribution in [2.45, 2.75) is 0 Å². The minimum Gasteiger partial charge on any atom is -0.383 e. The minimum absolute atomic E-state index is 0.00386. The summed E-state index contributed by atoms with van der Waals surface area (Å²) in [6, 6.07) is 6.19. The van der Waals surface area contributed by atoms with Crippen molar-refractivity contribution in [3.05, 3.63) is 45.5 Å². The van der Waals surface area contributed by atoms with Crippen molar-refractivity contribution in [3.63, 3.8) is 0 Å². The van der Waals surface area contributed by atoms with Gasteiger partial charge in [0.05, 0.1) is 11.5 Å². The fraction of sp³-hybridized carbons (Fsp3) is 0.333. The first-order valence-corrected chi connectivity index (χ1v) is 8.18. The normalized spacial score (nSPS) is 10.5. The van der Waals surface area contributed by atoms with Gasteiger partial charge in [-0.25, -0.2) is 4.98 Å². The highest BCUT2D eigenvalue weighted by atomic mass is 32.1. The molecule has 0 atom stereocenters. The first-order valence-electron chi connectivity index (χ1n) is 7.30. The summed E-state index contributed by atoms with van der Waals surface area (Å²) in [6.07, 6.45) is 0. The van der Waals surface area contributed by atoms with E-state index in [2.05, 4.69) is 15.6 Å². The summed E-state index contributed by atoms with van der Waals surface area (Å²) >= 11 is 1.28. The third kappa shape index (κ3) is 5.08. The molecule has 24 heavy (non-hydrogen) atoms. The van der Waals surface area contributed by atoms with Gasteiger partial charge in [-0.05, 0) is 0 Å². The molecule has 0 aliphatic carbocycles. The lowest BCUT2D eigenvalue weighted by Gasteiger charge is -2.05. The van der Waals surface area contributed by atoms with Crippen molar-refractivity contribution < 1.29 is 14.5 Å². The van der Waals surface area contributed by atoms with Crippen LogP contribution in [0.2, 0.25) is 0 Å². The number of nitro benzene ring substituents is 1. The summed E-state index contributed by atoms with van der Waals surface area (Å²) < 4.78 is 4.91. The molecular formula is C15H18N4O4S. The Morgan fingerprint density at radius 1 is 1.38 bits per heavy atom. The third-order valence-electron chi connectivity index (χ3n) is 3.11. The largest absolute Gasteiger partial charge is 0.383 e. The maximum atomic E-state index is 12.0. The highest BCUT2D eigenvalue weighted by Gasteiger charge is 2.13. The summed E-state index contributed by atoms with van der Waals surface area (Å²) in [6.45, 7) is 2.45. The second-order valence-corrected chi connectivity index (χ2v) is 5.70. The second kappa shape index (κ2) is 9.06. The third-order valence-corrected chi connectivity index (χ3v) is 4.00. The number of hydrogen-bond acceptors (Lipinski definition) is 7. The highest BCUT2D eigenvalue weighted by Crippen LogP contribution is 2.26. The Kier molecular flexibility index (Phi) is 6.79.